The molecule has 1 N–H and O–H groups in total. The Labute approximate surface area is 98.6 Å². The molecule has 0 fully saturated rings. The molecule has 86 valence electrons. The Bertz CT molecular complexity index is 340. The zero-order valence-corrected chi connectivity index (χ0v) is 10.1. The van der Waals surface area contributed by atoms with Gasteiger partial charge in [-0.1, -0.05) is 43.2 Å². The van der Waals surface area contributed by atoms with Gasteiger partial charge >= 0.3 is 0 Å². The van der Waals surface area contributed by atoms with Crippen LogP contribution in [0.1, 0.15) is 39.0 Å². The Morgan fingerprint density at radius 1 is 1.25 bits per heavy atom. The van der Waals surface area contributed by atoms with E-state index in [1.165, 1.54) is 37.8 Å². The van der Waals surface area contributed by atoms with Crippen LogP contribution >= 0.6 is 0 Å². The van der Waals surface area contributed by atoms with E-state index >= 15 is 0 Å². The van der Waals surface area contributed by atoms with Crippen molar-refractivity contribution >= 4 is 5.69 Å². The van der Waals surface area contributed by atoms with Gasteiger partial charge in [0.15, 0.2) is 0 Å². The first kappa shape index (κ1) is 11.3. The lowest BCUT2D eigenvalue weighted by Crippen LogP contribution is -2.18. The van der Waals surface area contributed by atoms with Crippen LogP contribution in [-0.2, 0) is 0 Å². The zero-order chi connectivity index (χ0) is 11.2. The maximum Gasteiger partial charge on any atom is 0.0476 e. The third-order valence-corrected chi connectivity index (χ3v) is 3.24. The predicted octanol–water partition coefficient (Wildman–Crippen LogP) is 4.38. The third kappa shape index (κ3) is 2.88. The molecule has 0 heterocycles. The summed E-state index contributed by atoms with van der Waals surface area (Å²) >= 11 is 0. The van der Waals surface area contributed by atoms with E-state index in [1.54, 1.807) is 5.57 Å². The smallest absolute Gasteiger partial charge is 0.0476 e. The molecule has 1 atom stereocenters. The lowest BCUT2D eigenvalue weighted by atomic mass is 10.0. The number of benzene rings is 1. The molecule has 1 aromatic rings. The first-order chi connectivity index (χ1) is 7.90. The molecule has 0 bridgehead atoms. The summed E-state index contributed by atoms with van der Waals surface area (Å²) in [5, 5.41) is 3.63. The number of hydrogen-bond donors (Lipinski definition) is 1. The quantitative estimate of drug-likeness (QED) is 0.719. The first-order valence-corrected chi connectivity index (χ1v) is 6.40. The second-order valence-electron chi connectivity index (χ2n) is 4.52. The maximum absolute atomic E-state index is 3.63. The van der Waals surface area contributed by atoms with Gasteiger partial charge in [-0.25, -0.2) is 0 Å². The highest BCUT2D eigenvalue weighted by Crippen LogP contribution is 2.26. The van der Waals surface area contributed by atoms with Gasteiger partial charge in [-0.05, 0) is 37.8 Å². The third-order valence-electron chi connectivity index (χ3n) is 3.24. The van der Waals surface area contributed by atoms with E-state index in [0.29, 0.717) is 6.04 Å². The van der Waals surface area contributed by atoms with Gasteiger partial charge in [0, 0.05) is 11.7 Å². The van der Waals surface area contributed by atoms with Crippen molar-refractivity contribution in [3.8, 4) is 0 Å². The van der Waals surface area contributed by atoms with Gasteiger partial charge in [-0.3, -0.25) is 0 Å². The van der Waals surface area contributed by atoms with Crippen LogP contribution in [0, 0.1) is 0 Å². The fraction of sp³-hybridized carbons (Fsp3) is 0.467. The summed E-state index contributed by atoms with van der Waals surface area (Å²) in [6, 6.07) is 11.1. The number of allylic oxidation sites excluding steroid dienone is 1. The van der Waals surface area contributed by atoms with E-state index < -0.39 is 0 Å². The molecule has 0 aliphatic heterocycles. The largest absolute Gasteiger partial charge is 0.379 e. The molecule has 0 radical (unpaired) electrons. The van der Waals surface area contributed by atoms with Gasteiger partial charge in [0.05, 0.1) is 0 Å². The predicted molar refractivity (Wildman–Crippen MR) is 70.7 cm³/mol. The van der Waals surface area contributed by atoms with Crippen molar-refractivity contribution in [1.29, 1.82) is 0 Å². The minimum Gasteiger partial charge on any atom is -0.379 e. The summed E-state index contributed by atoms with van der Waals surface area (Å²) in [6.45, 7) is 2.26. The Kier molecular flexibility index (Phi) is 4.03. The number of hydrogen-bond acceptors (Lipinski definition) is 1. The molecule has 16 heavy (non-hydrogen) atoms. The van der Waals surface area contributed by atoms with E-state index in [1.807, 2.05) is 0 Å². The van der Waals surface area contributed by atoms with E-state index in [-0.39, 0.29) is 0 Å². The highest BCUT2D eigenvalue weighted by atomic mass is 14.9. The maximum atomic E-state index is 3.63. The standard InChI is InChI=1S/C15H21N/c1-2-3-8-13-9-7-12-15(13)16-14-10-5-4-6-11-14/h4-6,9-11,15-16H,2-3,7-8,12H2,1H3. The van der Waals surface area contributed by atoms with Crippen molar-refractivity contribution in [3.05, 3.63) is 42.0 Å². The van der Waals surface area contributed by atoms with Crippen LogP contribution in [0.4, 0.5) is 5.69 Å². The molecule has 1 unspecified atom stereocenters. The van der Waals surface area contributed by atoms with Gasteiger partial charge in [-0.2, -0.15) is 0 Å². The minimum absolute atomic E-state index is 0.578. The van der Waals surface area contributed by atoms with Crippen LogP contribution in [0.3, 0.4) is 0 Å². The Hall–Kier alpha value is -1.24. The van der Waals surface area contributed by atoms with E-state index in [0.717, 1.165) is 0 Å². The van der Waals surface area contributed by atoms with Crippen molar-refractivity contribution in [2.24, 2.45) is 0 Å². The average Bonchev–Trinajstić information content (AvgIpc) is 2.75. The Balaban J connectivity index is 1.92. The molecule has 1 aliphatic carbocycles. The molecule has 1 aliphatic rings. The molecule has 1 aromatic carbocycles. The Morgan fingerprint density at radius 2 is 2.06 bits per heavy atom. The first-order valence-electron chi connectivity index (χ1n) is 6.40. The van der Waals surface area contributed by atoms with Gasteiger partial charge in [-0.15, -0.1) is 0 Å². The molecular formula is C15H21N. The van der Waals surface area contributed by atoms with Gasteiger partial charge < -0.3 is 5.32 Å². The normalized spacial score (nSPS) is 19.6. The topological polar surface area (TPSA) is 12.0 Å². The van der Waals surface area contributed by atoms with Crippen LogP contribution in [0.2, 0.25) is 0 Å². The fourth-order valence-electron chi connectivity index (χ4n) is 2.32. The fourth-order valence-corrected chi connectivity index (χ4v) is 2.32. The molecule has 1 heteroatoms. The lowest BCUT2D eigenvalue weighted by molar-refractivity contribution is 0.718. The number of para-hydroxylation sites is 1. The van der Waals surface area contributed by atoms with Gasteiger partial charge in [0.25, 0.3) is 0 Å². The van der Waals surface area contributed by atoms with Crippen LogP contribution in [0.5, 0.6) is 0 Å². The summed E-state index contributed by atoms with van der Waals surface area (Å²) in [5.74, 6) is 0. The number of nitrogens with one attached hydrogen (secondary N) is 1. The van der Waals surface area contributed by atoms with Crippen LogP contribution < -0.4 is 5.32 Å². The highest BCUT2D eigenvalue weighted by molar-refractivity contribution is 5.46. The molecule has 0 spiro atoms. The van der Waals surface area contributed by atoms with E-state index in [2.05, 4.69) is 48.6 Å². The van der Waals surface area contributed by atoms with E-state index in [4.69, 9.17) is 0 Å². The minimum atomic E-state index is 0.578. The van der Waals surface area contributed by atoms with Gasteiger partial charge in [0.2, 0.25) is 0 Å². The summed E-state index contributed by atoms with van der Waals surface area (Å²) < 4.78 is 0. The number of rotatable bonds is 5. The SMILES string of the molecule is CCCCC1=CCCC1Nc1ccccc1. The molecule has 2 rings (SSSR count). The monoisotopic (exact) mass is 215 g/mol. The molecule has 0 aromatic heterocycles. The molecule has 0 saturated heterocycles. The molecule has 0 saturated carbocycles. The van der Waals surface area contributed by atoms with Crippen LogP contribution in [-0.4, -0.2) is 6.04 Å². The van der Waals surface area contributed by atoms with Crippen molar-refractivity contribution in [3.63, 3.8) is 0 Å². The van der Waals surface area contributed by atoms with E-state index in [9.17, 15) is 0 Å². The highest BCUT2D eigenvalue weighted by Gasteiger charge is 2.17. The number of anilines is 1. The number of unbranched alkanes of at least 4 members (excludes halogenated alkanes) is 1. The summed E-state index contributed by atoms with van der Waals surface area (Å²) in [6.07, 6.45) is 8.79. The summed E-state index contributed by atoms with van der Waals surface area (Å²) in [5.41, 5.74) is 2.86. The van der Waals surface area contributed by atoms with Crippen LogP contribution in [0.25, 0.3) is 0 Å². The van der Waals surface area contributed by atoms with Gasteiger partial charge in [0.1, 0.15) is 0 Å². The van der Waals surface area contributed by atoms with Crippen molar-refractivity contribution in [2.75, 3.05) is 5.32 Å². The van der Waals surface area contributed by atoms with Crippen molar-refractivity contribution in [2.45, 2.75) is 45.1 Å². The average molecular weight is 215 g/mol. The zero-order valence-electron chi connectivity index (χ0n) is 10.1. The molecular weight excluding hydrogens is 194 g/mol. The summed E-state index contributed by atoms with van der Waals surface area (Å²) in [4.78, 5) is 0. The van der Waals surface area contributed by atoms with Crippen LogP contribution in [0.15, 0.2) is 42.0 Å². The Morgan fingerprint density at radius 3 is 2.81 bits per heavy atom. The molecule has 1 nitrogen and oxygen atoms in total. The second-order valence-corrected chi connectivity index (χ2v) is 4.52. The lowest BCUT2D eigenvalue weighted by Gasteiger charge is -2.18. The second kappa shape index (κ2) is 5.74. The summed E-state index contributed by atoms with van der Waals surface area (Å²) in [7, 11) is 0. The van der Waals surface area contributed by atoms with Crippen molar-refractivity contribution in [1.82, 2.24) is 0 Å². The van der Waals surface area contributed by atoms with Crippen molar-refractivity contribution < 1.29 is 0 Å². The molecule has 0 amide bonds.